The fourth-order valence-electron chi connectivity index (χ4n) is 3.23. The number of hydrogen-bond donors (Lipinski definition) is 2. The Morgan fingerprint density at radius 2 is 1.62 bits per heavy atom. The molecule has 0 radical (unpaired) electrons. The fourth-order valence-corrected chi connectivity index (χ4v) is 3.23. The van der Waals surface area contributed by atoms with E-state index in [1.54, 1.807) is 7.05 Å². The van der Waals surface area contributed by atoms with Crippen LogP contribution in [0.15, 0.2) is 76.2 Å². The predicted octanol–water partition coefficient (Wildman–Crippen LogP) is 4.74. The Labute approximate surface area is 190 Å². The topological polar surface area (TPSA) is 62.5 Å². The van der Waals surface area contributed by atoms with Gasteiger partial charge in [0, 0.05) is 25.6 Å². The van der Waals surface area contributed by atoms with Crippen LogP contribution in [0.1, 0.15) is 41.8 Å². The SMILES string of the molecule is CCc1cc(CNC(=NC)NCCC(c2ccccc2)c2ccccc2)on1.I. The van der Waals surface area contributed by atoms with E-state index in [9.17, 15) is 0 Å². The van der Waals surface area contributed by atoms with Crippen LogP contribution in [0.4, 0.5) is 0 Å². The van der Waals surface area contributed by atoms with Crippen molar-refractivity contribution in [3.05, 3.63) is 89.3 Å². The molecule has 3 rings (SSSR count). The summed E-state index contributed by atoms with van der Waals surface area (Å²) >= 11 is 0. The summed E-state index contributed by atoms with van der Waals surface area (Å²) in [6.07, 6.45) is 1.84. The molecule has 0 fully saturated rings. The van der Waals surface area contributed by atoms with Crippen LogP contribution in [0.5, 0.6) is 0 Å². The van der Waals surface area contributed by atoms with Crippen molar-refractivity contribution in [3.63, 3.8) is 0 Å². The lowest BCUT2D eigenvalue weighted by Crippen LogP contribution is -2.37. The van der Waals surface area contributed by atoms with E-state index in [4.69, 9.17) is 4.52 Å². The highest BCUT2D eigenvalue weighted by molar-refractivity contribution is 14.0. The minimum Gasteiger partial charge on any atom is -0.359 e. The Kier molecular flexibility index (Phi) is 9.70. The minimum absolute atomic E-state index is 0. The molecule has 1 heterocycles. The number of aromatic nitrogens is 1. The first-order valence-corrected chi connectivity index (χ1v) is 9.79. The van der Waals surface area contributed by atoms with E-state index in [0.717, 1.165) is 36.8 Å². The van der Waals surface area contributed by atoms with Gasteiger partial charge >= 0.3 is 0 Å². The van der Waals surface area contributed by atoms with Gasteiger partial charge in [-0.3, -0.25) is 4.99 Å². The molecule has 29 heavy (non-hydrogen) atoms. The van der Waals surface area contributed by atoms with Crippen molar-refractivity contribution in [1.82, 2.24) is 15.8 Å². The van der Waals surface area contributed by atoms with Gasteiger partial charge in [-0.05, 0) is 24.0 Å². The third-order valence-electron chi connectivity index (χ3n) is 4.75. The van der Waals surface area contributed by atoms with Gasteiger partial charge < -0.3 is 15.2 Å². The van der Waals surface area contributed by atoms with E-state index in [1.807, 2.05) is 6.07 Å². The molecule has 0 amide bonds. The minimum atomic E-state index is 0. The number of hydrogen-bond acceptors (Lipinski definition) is 3. The van der Waals surface area contributed by atoms with Crippen LogP contribution in [0, 0.1) is 0 Å². The molecule has 0 saturated carbocycles. The van der Waals surface area contributed by atoms with E-state index in [-0.39, 0.29) is 24.0 Å². The van der Waals surface area contributed by atoms with Gasteiger partial charge in [-0.25, -0.2) is 0 Å². The Morgan fingerprint density at radius 1 is 1.00 bits per heavy atom. The maximum atomic E-state index is 5.31. The largest absolute Gasteiger partial charge is 0.359 e. The van der Waals surface area contributed by atoms with Crippen LogP contribution >= 0.6 is 24.0 Å². The average Bonchev–Trinajstić information content (AvgIpc) is 3.23. The highest BCUT2D eigenvalue weighted by atomic mass is 127. The number of nitrogens with zero attached hydrogens (tertiary/aromatic N) is 2. The molecule has 0 unspecified atom stereocenters. The number of guanidine groups is 1. The summed E-state index contributed by atoms with van der Waals surface area (Å²) in [5, 5.41) is 10.7. The normalized spacial score (nSPS) is 11.2. The molecule has 0 spiro atoms. The van der Waals surface area contributed by atoms with Crippen molar-refractivity contribution in [2.75, 3.05) is 13.6 Å². The standard InChI is InChI=1S/C23H28N4O.HI/c1-3-20-16-21(28-27-20)17-26-23(24-2)25-15-14-22(18-10-6-4-7-11-18)19-12-8-5-9-13-19;/h4-13,16,22H,3,14-15,17H2,1-2H3,(H2,24,25,26);1H. The van der Waals surface area contributed by atoms with Crippen molar-refractivity contribution >= 4 is 29.9 Å². The van der Waals surface area contributed by atoms with Crippen LogP contribution in [-0.2, 0) is 13.0 Å². The Bertz CT molecular complexity index is 825. The van der Waals surface area contributed by atoms with Crippen LogP contribution in [-0.4, -0.2) is 24.7 Å². The quantitative estimate of drug-likeness (QED) is 0.264. The molecule has 0 aliphatic carbocycles. The number of aliphatic imine (C=N–C) groups is 1. The van der Waals surface area contributed by atoms with Gasteiger partial charge in [-0.15, -0.1) is 24.0 Å². The number of nitrogens with one attached hydrogen (secondary N) is 2. The zero-order valence-electron chi connectivity index (χ0n) is 17.0. The summed E-state index contributed by atoms with van der Waals surface area (Å²) in [5.74, 6) is 1.91. The lowest BCUT2D eigenvalue weighted by molar-refractivity contribution is 0.374. The average molecular weight is 504 g/mol. The first-order valence-electron chi connectivity index (χ1n) is 9.79. The molecule has 0 saturated heterocycles. The van der Waals surface area contributed by atoms with Crippen LogP contribution in [0.3, 0.4) is 0 Å². The zero-order chi connectivity index (χ0) is 19.6. The van der Waals surface area contributed by atoms with Gasteiger partial charge in [-0.1, -0.05) is 72.7 Å². The molecule has 0 bridgehead atoms. The first kappa shape index (κ1) is 22.9. The monoisotopic (exact) mass is 504 g/mol. The van der Waals surface area contributed by atoms with Crippen LogP contribution < -0.4 is 10.6 Å². The molecule has 2 aromatic carbocycles. The lowest BCUT2D eigenvalue weighted by atomic mass is 9.88. The zero-order valence-corrected chi connectivity index (χ0v) is 19.3. The number of halogens is 1. The summed E-state index contributed by atoms with van der Waals surface area (Å²) in [7, 11) is 1.78. The lowest BCUT2D eigenvalue weighted by Gasteiger charge is -2.19. The van der Waals surface area contributed by atoms with Crippen LogP contribution in [0.2, 0.25) is 0 Å². The molecule has 0 atom stereocenters. The van der Waals surface area contributed by atoms with Crippen molar-refractivity contribution in [3.8, 4) is 0 Å². The number of benzene rings is 2. The van der Waals surface area contributed by atoms with Gasteiger partial charge in [0.1, 0.15) is 0 Å². The molecular weight excluding hydrogens is 475 g/mol. The fraction of sp³-hybridized carbons (Fsp3) is 0.304. The molecule has 2 N–H and O–H groups in total. The van der Waals surface area contributed by atoms with Gasteiger partial charge in [-0.2, -0.15) is 0 Å². The second-order valence-corrected chi connectivity index (χ2v) is 6.65. The highest BCUT2D eigenvalue weighted by Gasteiger charge is 2.14. The maximum absolute atomic E-state index is 5.31. The summed E-state index contributed by atoms with van der Waals surface area (Å²) < 4.78 is 5.31. The molecule has 3 aromatic rings. The third kappa shape index (κ3) is 6.88. The maximum Gasteiger partial charge on any atom is 0.191 e. The molecule has 6 heteroatoms. The van der Waals surface area contributed by atoms with Crippen LogP contribution in [0.25, 0.3) is 0 Å². The number of rotatable bonds is 8. The summed E-state index contributed by atoms with van der Waals surface area (Å²) in [5.41, 5.74) is 3.62. The summed E-state index contributed by atoms with van der Waals surface area (Å²) in [6.45, 7) is 3.43. The molecule has 1 aromatic heterocycles. The van der Waals surface area contributed by atoms with E-state index in [0.29, 0.717) is 12.5 Å². The van der Waals surface area contributed by atoms with Crippen molar-refractivity contribution in [1.29, 1.82) is 0 Å². The van der Waals surface area contributed by atoms with E-state index in [1.165, 1.54) is 11.1 Å². The number of aryl methyl sites for hydroxylation is 1. The molecule has 0 aliphatic heterocycles. The van der Waals surface area contributed by atoms with E-state index in [2.05, 4.69) is 88.4 Å². The summed E-state index contributed by atoms with van der Waals surface area (Å²) in [6, 6.07) is 23.3. The second-order valence-electron chi connectivity index (χ2n) is 6.65. The van der Waals surface area contributed by atoms with Crippen molar-refractivity contribution < 1.29 is 4.52 Å². The van der Waals surface area contributed by atoms with Gasteiger partial charge in [0.2, 0.25) is 0 Å². The molecular formula is C23H29IN4O. The van der Waals surface area contributed by atoms with Gasteiger partial charge in [0.25, 0.3) is 0 Å². The van der Waals surface area contributed by atoms with Gasteiger partial charge in [0.05, 0.1) is 12.2 Å². The Hall–Kier alpha value is -2.35. The summed E-state index contributed by atoms with van der Waals surface area (Å²) in [4.78, 5) is 4.30. The third-order valence-corrected chi connectivity index (χ3v) is 4.75. The second kappa shape index (κ2) is 12.3. The smallest absolute Gasteiger partial charge is 0.191 e. The van der Waals surface area contributed by atoms with Crippen molar-refractivity contribution in [2.24, 2.45) is 4.99 Å². The molecule has 0 aliphatic rings. The van der Waals surface area contributed by atoms with Crippen molar-refractivity contribution in [2.45, 2.75) is 32.2 Å². The van der Waals surface area contributed by atoms with E-state index >= 15 is 0 Å². The Balaban J connectivity index is 0.00000300. The van der Waals surface area contributed by atoms with E-state index < -0.39 is 0 Å². The molecule has 5 nitrogen and oxygen atoms in total. The Morgan fingerprint density at radius 3 is 2.14 bits per heavy atom. The predicted molar refractivity (Wildman–Crippen MR) is 129 cm³/mol. The molecule has 154 valence electrons. The highest BCUT2D eigenvalue weighted by Crippen LogP contribution is 2.27. The van der Waals surface area contributed by atoms with Gasteiger partial charge in [0.15, 0.2) is 11.7 Å². The first-order chi connectivity index (χ1) is 13.8.